The zero-order valence-electron chi connectivity index (χ0n) is 8.90. The lowest BCUT2D eigenvalue weighted by molar-refractivity contribution is -0.128. The van der Waals surface area contributed by atoms with Crippen molar-refractivity contribution in [2.75, 3.05) is 0 Å². The van der Waals surface area contributed by atoms with Crippen molar-refractivity contribution in [3.05, 3.63) is 34.9 Å². The maximum atomic E-state index is 11.6. The Labute approximate surface area is 94.9 Å². The van der Waals surface area contributed by atoms with Gasteiger partial charge in [0.1, 0.15) is 6.10 Å². The molecule has 3 heteroatoms. The maximum absolute atomic E-state index is 11.6. The lowest BCUT2D eigenvalue weighted by Crippen LogP contribution is -2.27. The number of aliphatic hydroxyl groups excluding tert-OH is 1. The average Bonchev–Trinajstić information content (AvgIpc) is 2.16. The second-order valence-electron chi connectivity index (χ2n) is 3.96. The fraction of sp³-hybridized carbons (Fsp3) is 0.417. The van der Waals surface area contributed by atoms with E-state index in [2.05, 4.69) is 0 Å². The van der Waals surface area contributed by atoms with E-state index < -0.39 is 6.10 Å². The molecule has 1 unspecified atom stereocenters. The molecule has 1 N–H and O–H groups in total. The second kappa shape index (κ2) is 5.29. The number of aliphatic hydroxyl groups is 1. The summed E-state index contributed by atoms with van der Waals surface area (Å²) in [5.74, 6) is -0.205. The van der Waals surface area contributed by atoms with Gasteiger partial charge in [-0.2, -0.15) is 0 Å². The molecule has 0 amide bonds. The Balaban J connectivity index is 2.66. The number of halogens is 1. The highest BCUT2D eigenvalue weighted by Gasteiger charge is 2.18. The van der Waals surface area contributed by atoms with Crippen LogP contribution in [0.3, 0.4) is 0 Å². The van der Waals surface area contributed by atoms with Crippen molar-refractivity contribution in [2.45, 2.75) is 26.4 Å². The van der Waals surface area contributed by atoms with Gasteiger partial charge < -0.3 is 5.11 Å². The van der Waals surface area contributed by atoms with Crippen molar-refractivity contribution in [1.82, 2.24) is 0 Å². The van der Waals surface area contributed by atoms with Gasteiger partial charge in [-0.25, -0.2) is 0 Å². The topological polar surface area (TPSA) is 37.3 Å². The summed E-state index contributed by atoms with van der Waals surface area (Å²) in [4.78, 5) is 11.6. The lowest BCUT2D eigenvalue weighted by Gasteiger charge is -2.12. The summed E-state index contributed by atoms with van der Waals surface area (Å²) >= 11 is 5.80. The first-order chi connectivity index (χ1) is 7.00. The normalized spacial score (nSPS) is 12.9. The molecule has 0 aliphatic carbocycles. The largest absolute Gasteiger partial charge is 0.385 e. The highest BCUT2D eigenvalue weighted by atomic mass is 35.5. The first-order valence-electron chi connectivity index (χ1n) is 4.96. The fourth-order valence-corrected chi connectivity index (χ4v) is 1.54. The molecule has 0 radical (unpaired) electrons. The molecule has 0 aliphatic rings. The Morgan fingerprint density at radius 2 is 2.13 bits per heavy atom. The molecule has 1 atom stereocenters. The quantitative estimate of drug-likeness (QED) is 0.857. The second-order valence-corrected chi connectivity index (χ2v) is 4.40. The summed E-state index contributed by atoms with van der Waals surface area (Å²) < 4.78 is 0. The zero-order chi connectivity index (χ0) is 11.4. The summed E-state index contributed by atoms with van der Waals surface area (Å²) in [6.45, 7) is 3.64. The van der Waals surface area contributed by atoms with Crippen LogP contribution in [0.1, 0.15) is 19.4 Å². The monoisotopic (exact) mass is 226 g/mol. The van der Waals surface area contributed by atoms with E-state index in [-0.39, 0.29) is 18.1 Å². The molecule has 2 nitrogen and oxygen atoms in total. The van der Waals surface area contributed by atoms with Gasteiger partial charge in [-0.1, -0.05) is 37.6 Å². The predicted octanol–water partition coefficient (Wildman–Crippen LogP) is 2.47. The molecule has 82 valence electrons. The van der Waals surface area contributed by atoms with Gasteiger partial charge in [0.25, 0.3) is 0 Å². The first-order valence-corrected chi connectivity index (χ1v) is 5.33. The van der Waals surface area contributed by atoms with Crippen LogP contribution in [0, 0.1) is 5.92 Å². The van der Waals surface area contributed by atoms with E-state index >= 15 is 0 Å². The molecule has 1 rings (SSSR count). The molecule has 0 heterocycles. The minimum atomic E-state index is -0.885. The van der Waals surface area contributed by atoms with Crippen molar-refractivity contribution in [2.24, 2.45) is 5.92 Å². The number of hydrogen-bond donors (Lipinski definition) is 1. The summed E-state index contributed by atoms with van der Waals surface area (Å²) in [6.07, 6.45) is -0.649. The van der Waals surface area contributed by atoms with Crippen LogP contribution < -0.4 is 0 Å². The fourth-order valence-electron chi connectivity index (χ4n) is 1.32. The standard InChI is InChI=1S/C12H15ClO2/c1-8(2)12(15)11(14)7-9-4-3-5-10(13)6-9/h3-6,8,12,15H,7H2,1-2H3. The van der Waals surface area contributed by atoms with Crippen LogP contribution >= 0.6 is 11.6 Å². The van der Waals surface area contributed by atoms with Crippen LogP contribution in [-0.2, 0) is 11.2 Å². The lowest BCUT2D eigenvalue weighted by atomic mass is 9.98. The number of ketones is 1. The van der Waals surface area contributed by atoms with E-state index in [9.17, 15) is 9.90 Å². The minimum Gasteiger partial charge on any atom is -0.385 e. The number of hydrogen-bond acceptors (Lipinski definition) is 2. The first kappa shape index (κ1) is 12.2. The molecule has 0 bridgehead atoms. The van der Waals surface area contributed by atoms with E-state index in [1.807, 2.05) is 19.9 Å². The van der Waals surface area contributed by atoms with E-state index in [0.29, 0.717) is 5.02 Å². The summed E-state index contributed by atoms with van der Waals surface area (Å²) in [5, 5.41) is 10.2. The maximum Gasteiger partial charge on any atom is 0.165 e. The molecular weight excluding hydrogens is 212 g/mol. The molecule has 0 aliphatic heterocycles. The summed E-state index contributed by atoms with van der Waals surface area (Å²) in [7, 11) is 0. The third-order valence-corrected chi connectivity index (χ3v) is 2.46. The number of carbonyl (C=O) groups is 1. The van der Waals surface area contributed by atoms with Crippen molar-refractivity contribution in [3.63, 3.8) is 0 Å². The number of carbonyl (C=O) groups excluding carboxylic acids is 1. The Bertz CT molecular complexity index is 347. The molecule has 0 spiro atoms. The van der Waals surface area contributed by atoms with Gasteiger partial charge in [0.05, 0.1) is 0 Å². The molecule has 0 aromatic heterocycles. The van der Waals surface area contributed by atoms with Crippen LogP contribution in [0.2, 0.25) is 5.02 Å². The van der Waals surface area contributed by atoms with Gasteiger partial charge in [0.15, 0.2) is 5.78 Å². The highest BCUT2D eigenvalue weighted by molar-refractivity contribution is 6.30. The van der Waals surface area contributed by atoms with Crippen LogP contribution in [0.5, 0.6) is 0 Å². The van der Waals surface area contributed by atoms with Gasteiger partial charge in [0.2, 0.25) is 0 Å². The zero-order valence-corrected chi connectivity index (χ0v) is 9.66. The molecule has 0 saturated carbocycles. The average molecular weight is 227 g/mol. The Hall–Kier alpha value is -0.860. The van der Waals surface area contributed by atoms with Gasteiger partial charge in [-0.15, -0.1) is 0 Å². The SMILES string of the molecule is CC(C)C(O)C(=O)Cc1cccc(Cl)c1. The van der Waals surface area contributed by atoms with Gasteiger partial charge in [-0.05, 0) is 23.6 Å². The van der Waals surface area contributed by atoms with Crippen LogP contribution in [0.25, 0.3) is 0 Å². The van der Waals surface area contributed by atoms with Crippen molar-refractivity contribution in [1.29, 1.82) is 0 Å². The third kappa shape index (κ3) is 3.65. The van der Waals surface area contributed by atoms with Crippen LogP contribution in [0.15, 0.2) is 24.3 Å². The van der Waals surface area contributed by atoms with E-state index in [4.69, 9.17) is 11.6 Å². The third-order valence-electron chi connectivity index (χ3n) is 2.23. The molecule has 0 fully saturated rings. The summed E-state index contributed by atoms with van der Waals surface area (Å²) in [5.41, 5.74) is 0.840. The molecule has 15 heavy (non-hydrogen) atoms. The Kier molecular flexibility index (Phi) is 4.30. The highest BCUT2D eigenvalue weighted by Crippen LogP contribution is 2.13. The molecular formula is C12H15ClO2. The predicted molar refractivity (Wildman–Crippen MR) is 61.0 cm³/mol. The van der Waals surface area contributed by atoms with Gasteiger partial charge in [0, 0.05) is 11.4 Å². The molecule has 0 saturated heterocycles. The van der Waals surface area contributed by atoms with Gasteiger partial charge >= 0.3 is 0 Å². The van der Waals surface area contributed by atoms with Crippen molar-refractivity contribution < 1.29 is 9.90 Å². The Morgan fingerprint density at radius 1 is 1.47 bits per heavy atom. The van der Waals surface area contributed by atoms with E-state index in [0.717, 1.165) is 5.56 Å². The van der Waals surface area contributed by atoms with Crippen LogP contribution in [-0.4, -0.2) is 17.0 Å². The number of Topliss-reactive ketones (excluding diaryl/α,β-unsaturated/α-hetero) is 1. The number of benzene rings is 1. The molecule has 1 aromatic carbocycles. The smallest absolute Gasteiger partial charge is 0.165 e. The summed E-state index contributed by atoms with van der Waals surface area (Å²) in [6, 6.07) is 7.13. The minimum absolute atomic E-state index is 0.0447. The van der Waals surface area contributed by atoms with E-state index in [1.54, 1.807) is 18.2 Å². The van der Waals surface area contributed by atoms with Crippen LogP contribution in [0.4, 0.5) is 0 Å². The molecule has 1 aromatic rings. The number of rotatable bonds is 4. The van der Waals surface area contributed by atoms with Gasteiger partial charge in [-0.3, -0.25) is 4.79 Å². The Morgan fingerprint density at radius 3 is 2.67 bits per heavy atom. The van der Waals surface area contributed by atoms with Crippen molar-refractivity contribution >= 4 is 17.4 Å². The van der Waals surface area contributed by atoms with E-state index in [1.165, 1.54) is 0 Å². The van der Waals surface area contributed by atoms with Crippen molar-refractivity contribution in [3.8, 4) is 0 Å².